The second-order valence-electron chi connectivity index (χ2n) is 10.4. The zero-order chi connectivity index (χ0) is 28.2. The van der Waals surface area contributed by atoms with Gasteiger partial charge in [0, 0.05) is 61.3 Å². The Morgan fingerprint density at radius 1 is 1.27 bits per heavy atom. The Kier molecular flexibility index (Phi) is 6.12. The van der Waals surface area contributed by atoms with Crippen LogP contribution in [0.1, 0.15) is 64.2 Å². The summed E-state index contributed by atoms with van der Waals surface area (Å²) in [6, 6.07) is 5.80. The summed E-state index contributed by atoms with van der Waals surface area (Å²) in [5.41, 5.74) is -1.13. The summed E-state index contributed by atoms with van der Waals surface area (Å²) in [6.45, 7) is 1.79. The topological polar surface area (TPSA) is 126 Å². The summed E-state index contributed by atoms with van der Waals surface area (Å²) < 4.78 is 28.8. The van der Waals surface area contributed by atoms with Crippen molar-refractivity contribution in [2.75, 3.05) is 6.54 Å². The molecule has 5 heterocycles. The molecular weight excluding hydrogens is 524 g/mol. The molecule has 3 atom stereocenters. The minimum atomic E-state index is -1.03. The normalized spacial score (nSPS) is 23.3. The van der Waals surface area contributed by atoms with Gasteiger partial charge in [-0.3, -0.25) is 19.4 Å². The van der Waals surface area contributed by atoms with Crippen LogP contribution in [0.5, 0.6) is 5.75 Å². The number of hydrogen-bond donors (Lipinski definition) is 2. The van der Waals surface area contributed by atoms with Crippen LogP contribution in [0.15, 0.2) is 58.9 Å². The number of aromatic hydroxyl groups is 1. The second kappa shape index (κ2) is 9.54. The van der Waals surface area contributed by atoms with E-state index in [4.69, 9.17) is 4.84 Å². The highest BCUT2D eigenvalue weighted by Crippen LogP contribution is 2.46. The summed E-state index contributed by atoms with van der Waals surface area (Å²) in [5.74, 6) is -3.88. The summed E-state index contributed by atoms with van der Waals surface area (Å²) in [7, 11) is 0. The molecule has 3 aliphatic heterocycles. The van der Waals surface area contributed by atoms with Gasteiger partial charge in [0.2, 0.25) is 5.43 Å². The Balaban J connectivity index is 1.38. The third kappa shape index (κ3) is 4.10. The highest BCUT2D eigenvalue weighted by atomic mass is 19.1. The Labute approximate surface area is 226 Å². The van der Waals surface area contributed by atoms with Crippen molar-refractivity contribution in [2.45, 2.75) is 50.4 Å². The van der Waals surface area contributed by atoms with Crippen LogP contribution in [0.3, 0.4) is 0 Å². The molecule has 0 radical (unpaired) electrons. The number of nitrogens with one attached hydrogen (secondary N) is 1. The van der Waals surface area contributed by atoms with E-state index in [2.05, 4.69) is 15.5 Å². The van der Waals surface area contributed by atoms with E-state index in [0.29, 0.717) is 31.0 Å². The van der Waals surface area contributed by atoms with Crippen LogP contribution >= 0.6 is 0 Å². The first-order valence-electron chi connectivity index (χ1n) is 12.8. The van der Waals surface area contributed by atoms with Crippen LogP contribution in [0.2, 0.25) is 0 Å². The summed E-state index contributed by atoms with van der Waals surface area (Å²) in [6.07, 6.45) is 6.08. The van der Waals surface area contributed by atoms with Crippen LogP contribution < -0.4 is 10.7 Å². The molecule has 1 aromatic carbocycles. The second-order valence-corrected chi connectivity index (χ2v) is 10.4. The molecule has 10 nitrogen and oxygen atoms in total. The maximum atomic E-state index is 14.1. The average molecular weight is 550 g/mol. The Hall–Kier alpha value is -4.61. The van der Waals surface area contributed by atoms with Crippen molar-refractivity contribution in [1.82, 2.24) is 19.8 Å². The number of hydrogen-bond acceptors (Lipinski definition) is 7. The number of aromatic nitrogens is 2. The SMILES string of the molecule is CC1CCC2(CC(c3cccnc3)=NO2)C2CN1C(=O)c1c(O)c(=O)c(C(=O)NCc3ccc(F)cc3F)cn12. The minimum absolute atomic E-state index is 0.0130. The van der Waals surface area contributed by atoms with Gasteiger partial charge < -0.3 is 24.7 Å². The lowest BCUT2D eigenvalue weighted by molar-refractivity contribution is -0.0655. The molecule has 1 fully saturated rings. The molecule has 12 heteroatoms. The lowest BCUT2D eigenvalue weighted by atomic mass is 9.83. The minimum Gasteiger partial charge on any atom is -0.503 e. The third-order valence-electron chi connectivity index (χ3n) is 8.00. The Morgan fingerprint density at radius 2 is 2.10 bits per heavy atom. The number of halogens is 2. The zero-order valence-electron chi connectivity index (χ0n) is 21.4. The fourth-order valence-electron chi connectivity index (χ4n) is 5.74. The molecule has 2 aromatic heterocycles. The van der Waals surface area contributed by atoms with Crippen molar-refractivity contribution in [3.63, 3.8) is 0 Å². The van der Waals surface area contributed by atoms with E-state index in [0.717, 1.165) is 11.6 Å². The molecule has 3 aliphatic rings. The number of carbonyl (C=O) groups excluding carboxylic acids is 2. The first kappa shape index (κ1) is 25.7. The van der Waals surface area contributed by atoms with Crippen molar-refractivity contribution in [1.29, 1.82) is 0 Å². The third-order valence-corrected chi connectivity index (χ3v) is 8.00. The van der Waals surface area contributed by atoms with Crippen molar-refractivity contribution in [2.24, 2.45) is 5.16 Å². The smallest absolute Gasteiger partial charge is 0.274 e. The number of rotatable bonds is 4. The molecule has 1 saturated heterocycles. The van der Waals surface area contributed by atoms with E-state index in [1.54, 1.807) is 23.4 Å². The number of fused-ring (bicyclic) bond motifs is 5. The predicted octanol–water partition coefficient (Wildman–Crippen LogP) is 2.90. The molecule has 6 rings (SSSR count). The Bertz CT molecular complexity index is 1630. The van der Waals surface area contributed by atoms with Gasteiger partial charge in [0.15, 0.2) is 17.0 Å². The molecule has 0 aliphatic carbocycles. The van der Waals surface area contributed by atoms with E-state index < -0.39 is 51.8 Å². The van der Waals surface area contributed by atoms with Crippen LogP contribution in [0.25, 0.3) is 0 Å². The van der Waals surface area contributed by atoms with E-state index >= 15 is 0 Å². The molecule has 2 bridgehead atoms. The number of pyridine rings is 2. The van der Waals surface area contributed by atoms with E-state index in [1.807, 2.05) is 13.0 Å². The monoisotopic (exact) mass is 549 g/mol. The van der Waals surface area contributed by atoms with Crippen LogP contribution in [0, 0.1) is 11.6 Å². The summed E-state index contributed by atoms with van der Waals surface area (Å²) in [5, 5.41) is 17.8. The van der Waals surface area contributed by atoms with Gasteiger partial charge in [-0.1, -0.05) is 11.2 Å². The lowest BCUT2D eigenvalue weighted by Crippen LogP contribution is -2.52. The first-order chi connectivity index (χ1) is 19.2. The highest BCUT2D eigenvalue weighted by Gasteiger charge is 2.54. The number of carbonyl (C=O) groups is 2. The largest absolute Gasteiger partial charge is 0.503 e. The quantitative estimate of drug-likeness (QED) is 0.516. The fourth-order valence-corrected chi connectivity index (χ4v) is 5.74. The van der Waals surface area contributed by atoms with Crippen molar-refractivity contribution in [3.05, 3.63) is 93.2 Å². The number of benzene rings is 1. The van der Waals surface area contributed by atoms with E-state index in [9.17, 15) is 28.3 Å². The maximum absolute atomic E-state index is 14.1. The summed E-state index contributed by atoms with van der Waals surface area (Å²) >= 11 is 0. The predicted molar refractivity (Wildman–Crippen MR) is 138 cm³/mol. The molecule has 0 saturated carbocycles. The summed E-state index contributed by atoms with van der Waals surface area (Å²) in [4.78, 5) is 51.5. The molecular formula is C28H25F2N5O5. The van der Waals surface area contributed by atoms with Crippen molar-refractivity contribution in [3.8, 4) is 5.75 Å². The van der Waals surface area contributed by atoms with Crippen LogP contribution in [-0.4, -0.2) is 55.3 Å². The highest BCUT2D eigenvalue weighted by molar-refractivity contribution is 6.02. The standard InChI is InChI=1S/C28H25F2N5O5/c1-15-6-7-28(10-21(33-40-28)17-3-2-8-31-11-17)22-14-34(15)27(39)23-25(37)24(36)19(13-35(22)23)26(38)32-12-16-4-5-18(29)9-20(16)30/h2-5,8-9,11,13,15,22,37H,6-7,10,12,14H2,1H3,(H,32,38). The van der Waals surface area contributed by atoms with Crippen LogP contribution in [-0.2, 0) is 11.4 Å². The number of oxime groups is 1. The molecule has 1 spiro atoms. The molecule has 3 aromatic rings. The van der Waals surface area contributed by atoms with Gasteiger partial charge in [-0.05, 0) is 38.0 Å². The molecule has 2 amide bonds. The first-order valence-corrected chi connectivity index (χ1v) is 12.8. The van der Waals surface area contributed by atoms with Gasteiger partial charge in [-0.25, -0.2) is 8.78 Å². The van der Waals surface area contributed by atoms with E-state index in [1.165, 1.54) is 16.8 Å². The van der Waals surface area contributed by atoms with Gasteiger partial charge in [0.25, 0.3) is 11.8 Å². The maximum Gasteiger partial charge on any atom is 0.274 e. The lowest BCUT2D eigenvalue weighted by Gasteiger charge is -2.41. The molecule has 206 valence electrons. The molecule has 40 heavy (non-hydrogen) atoms. The van der Waals surface area contributed by atoms with Gasteiger partial charge in [0.05, 0.1) is 11.8 Å². The van der Waals surface area contributed by atoms with Gasteiger partial charge in [0.1, 0.15) is 17.2 Å². The van der Waals surface area contributed by atoms with Gasteiger partial charge >= 0.3 is 0 Å². The van der Waals surface area contributed by atoms with Crippen LogP contribution in [0.4, 0.5) is 8.78 Å². The van der Waals surface area contributed by atoms with E-state index in [-0.39, 0.29) is 30.4 Å². The van der Waals surface area contributed by atoms with Crippen molar-refractivity contribution < 1.29 is 28.3 Å². The fraction of sp³-hybridized carbons (Fsp3) is 0.321. The van der Waals surface area contributed by atoms with Crippen molar-refractivity contribution >= 4 is 17.5 Å². The number of amides is 2. The van der Waals surface area contributed by atoms with Gasteiger partial charge in [-0.2, -0.15) is 0 Å². The molecule has 2 N–H and O–H groups in total. The van der Waals surface area contributed by atoms with Gasteiger partial charge in [-0.15, -0.1) is 0 Å². The Morgan fingerprint density at radius 3 is 2.85 bits per heavy atom. The number of nitrogens with zero attached hydrogens (tertiary/aromatic N) is 4. The average Bonchev–Trinajstić information content (AvgIpc) is 3.33. The zero-order valence-corrected chi connectivity index (χ0v) is 21.4. The molecule has 3 unspecified atom stereocenters.